The van der Waals surface area contributed by atoms with Crippen LogP contribution in [0.2, 0.25) is 25.7 Å². The number of hydrogen-bond acceptors (Lipinski definition) is 3. The summed E-state index contributed by atoms with van der Waals surface area (Å²) in [5, 5.41) is 4.63. The van der Waals surface area contributed by atoms with Crippen molar-refractivity contribution in [2.75, 3.05) is 13.7 Å². The number of nitrogens with zero attached hydrogens (tertiary/aromatic N) is 2. The monoisotopic (exact) mass is 354 g/mol. The lowest BCUT2D eigenvalue weighted by Gasteiger charge is -2.31. The first kappa shape index (κ1) is 18.3. The molecule has 0 N–H and O–H groups in total. The normalized spacial score (nSPS) is 24.6. The third-order valence-corrected chi connectivity index (χ3v) is 5.99. The van der Waals surface area contributed by atoms with E-state index in [0.717, 1.165) is 24.1 Å². The number of alkyl halides is 1. The van der Waals surface area contributed by atoms with Crippen LogP contribution in [0.1, 0.15) is 18.5 Å². The van der Waals surface area contributed by atoms with E-state index in [-0.39, 0.29) is 5.92 Å². The van der Waals surface area contributed by atoms with Gasteiger partial charge in [0.25, 0.3) is 0 Å². The maximum absolute atomic E-state index is 6.65. The van der Waals surface area contributed by atoms with Gasteiger partial charge in [-0.25, -0.2) is 4.68 Å². The molecular formula is C17H27ClN2O2Si. The summed E-state index contributed by atoms with van der Waals surface area (Å²) in [5.41, 5.74) is 0.897. The maximum Gasteiger partial charge on any atom is 0.139 e. The van der Waals surface area contributed by atoms with Crippen molar-refractivity contribution in [2.45, 2.75) is 50.1 Å². The first-order valence-electron chi connectivity index (χ1n) is 7.96. The molecule has 2 atom stereocenters. The number of rotatable bonds is 7. The summed E-state index contributed by atoms with van der Waals surface area (Å²) >= 11 is 6.65. The summed E-state index contributed by atoms with van der Waals surface area (Å²) in [6.07, 6.45) is 7.78. The van der Waals surface area contributed by atoms with Gasteiger partial charge in [0.05, 0.1) is 23.6 Å². The van der Waals surface area contributed by atoms with Gasteiger partial charge in [0.1, 0.15) is 12.5 Å². The highest BCUT2D eigenvalue weighted by Gasteiger charge is 2.38. The van der Waals surface area contributed by atoms with Crippen molar-refractivity contribution in [2.24, 2.45) is 0 Å². The number of aromatic nitrogens is 2. The largest absolute Gasteiger partial charge is 0.500 e. The van der Waals surface area contributed by atoms with Crippen molar-refractivity contribution in [3.05, 3.63) is 41.9 Å². The first-order chi connectivity index (χ1) is 10.7. The van der Waals surface area contributed by atoms with E-state index in [4.69, 9.17) is 21.1 Å². The van der Waals surface area contributed by atoms with Crippen molar-refractivity contribution in [3.8, 4) is 0 Å². The molecule has 1 aliphatic rings. The summed E-state index contributed by atoms with van der Waals surface area (Å²) in [5.74, 6) is 0.734. The van der Waals surface area contributed by atoms with Gasteiger partial charge in [0.15, 0.2) is 0 Å². The van der Waals surface area contributed by atoms with Gasteiger partial charge < -0.3 is 9.47 Å². The molecule has 1 aliphatic carbocycles. The summed E-state index contributed by atoms with van der Waals surface area (Å²) in [6.45, 7) is 10.3. The molecule has 0 amide bonds. The van der Waals surface area contributed by atoms with Crippen molar-refractivity contribution in [1.29, 1.82) is 0 Å². The van der Waals surface area contributed by atoms with Crippen LogP contribution in [0.3, 0.4) is 0 Å². The summed E-state index contributed by atoms with van der Waals surface area (Å²) in [6, 6.07) is 3.14. The fraction of sp³-hybridized carbons (Fsp3) is 0.588. The highest BCUT2D eigenvalue weighted by molar-refractivity contribution is 6.76. The third-order valence-electron chi connectivity index (χ3n) is 3.94. The van der Waals surface area contributed by atoms with Crippen LogP contribution in [0.4, 0.5) is 0 Å². The van der Waals surface area contributed by atoms with E-state index < -0.39 is 12.9 Å². The minimum atomic E-state index is -1.05. The van der Waals surface area contributed by atoms with E-state index in [1.165, 1.54) is 0 Å². The molecule has 0 spiro atoms. The van der Waals surface area contributed by atoms with E-state index in [1.807, 2.05) is 42.1 Å². The van der Waals surface area contributed by atoms with Crippen molar-refractivity contribution in [1.82, 2.24) is 9.78 Å². The molecule has 0 saturated heterocycles. The second kappa shape index (κ2) is 7.24. The van der Waals surface area contributed by atoms with Gasteiger partial charge in [-0.05, 0) is 25.1 Å². The van der Waals surface area contributed by atoms with Crippen LogP contribution in [0.25, 0.3) is 0 Å². The summed E-state index contributed by atoms with van der Waals surface area (Å²) < 4.78 is 13.0. The van der Waals surface area contributed by atoms with Crippen LogP contribution in [0.5, 0.6) is 0 Å². The lowest BCUT2D eigenvalue weighted by atomic mass is 9.85. The zero-order chi connectivity index (χ0) is 17.1. The van der Waals surface area contributed by atoms with E-state index >= 15 is 0 Å². The van der Waals surface area contributed by atoms with Gasteiger partial charge in [-0.15, -0.1) is 11.6 Å². The van der Waals surface area contributed by atoms with Gasteiger partial charge in [0, 0.05) is 20.9 Å². The Bertz CT molecular complexity index is 588. The Kier molecular flexibility index (Phi) is 5.76. The Morgan fingerprint density at radius 2 is 2.13 bits per heavy atom. The van der Waals surface area contributed by atoms with Gasteiger partial charge in [-0.3, -0.25) is 0 Å². The van der Waals surface area contributed by atoms with Crippen LogP contribution >= 0.6 is 11.6 Å². The Balaban J connectivity index is 2.01. The molecule has 0 aliphatic heterocycles. The Morgan fingerprint density at radius 1 is 1.39 bits per heavy atom. The molecule has 0 bridgehead atoms. The van der Waals surface area contributed by atoms with Crippen LogP contribution in [-0.2, 0) is 16.2 Å². The van der Waals surface area contributed by atoms with Crippen LogP contribution in [0, 0.1) is 0 Å². The Labute approximate surface area is 145 Å². The second-order valence-corrected chi connectivity index (χ2v) is 13.8. The smallest absolute Gasteiger partial charge is 0.139 e. The predicted molar refractivity (Wildman–Crippen MR) is 97.6 cm³/mol. The topological polar surface area (TPSA) is 36.3 Å². The van der Waals surface area contributed by atoms with Crippen molar-refractivity contribution >= 4 is 19.7 Å². The van der Waals surface area contributed by atoms with E-state index in [9.17, 15) is 0 Å². The number of halogens is 1. The zero-order valence-corrected chi connectivity index (χ0v) is 16.4. The Morgan fingerprint density at radius 3 is 2.78 bits per heavy atom. The second-order valence-electron chi connectivity index (χ2n) is 7.34. The molecule has 1 aromatic heterocycles. The molecule has 6 heteroatoms. The molecule has 23 heavy (non-hydrogen) atoms. The number of methoxy groups -OCH3 is 1. The quantitative estimate of drug-likeness (QED) is 0.414. The maximum atomic E-state index is 6.65. The van der Waals surface area contributed by atoms with Crippen LogP contribution < -0.4 is 0 Å². The third kappa shape index (κ3) is 4.96. The minimum absolute atomic E-state index is 0.0950. The van der Waals surface area contributed by atoms with E-state index in [2.05, 4.69) is 24.7 Å². The molecule has 2 rings (SSSR count). The number of ether oxygens (including phenoxy) is 2. The lowest BCUT2D eigenvalue weighted by Crippen LogP contribution is -2.29. The molecule has 128 valence electrons. The average Bonchev–Trinajstić information content (AvgIpc) is 2.89. The molecule has 1 aromatic rings. The summed E-state index contributed by atoms with van der Waals surface area (Å²) in [4.78, 5) is -0.544. The number of allylic oxidation sites excluding steroid dienone is 4. The van der Waals surface area contributed by atoms with Gasteiger partial charge in [0.2, 0.25) is 0 Å². The molecule has 2 unspecified atom stereocenters. The van der Waals surface area contributed by atoms with E-state index in [1.54, 1.807) is 7.11 Å². The molecule has 0 radical (unpaired) electrons. The zero-order valence-electron chi connectivity index (χ0n) is 14.7. The predicted octanol–water partition coefficient (Wildman–Crippen LogP) is 4.38. The average molecular weight is 355 g/mol. The SMILES string of the molecule is COC1=CC=CC(C)(Cl)C1c1ccn(COCC[Si](C)(C)C)n1. The Hall–Kier alpha value is -1.04. The van der Waals surface area contributed by atoms with Crippen molar-refractivity contribution < 1.29 is 9.47 Å². The van der Waals surface area contributed by atoms with Gasteiger partial charge in [-0.2, -0.15) is 5.10 Å². The molecule has 1 heterocycles. The highest BCUT2D eigenvalue weighted by Crippen LogP contribution is 2.42. The number of hydrogen-bond donors (Lipinski definition) is 0. The molecule has 0 saturated carbocycles. The van der Waals surface area contributed by atoms with Crippen LogP contribution in [-0.4, -0.2) is 36.4 Å². The minimum Gasteiger partial charge on any atom is -0.500 e. The van der Waals surface area contributed by atoms with Gasteiger partial charge >= 0.3 is 0 Å². The standard InChI is InChI=1S/C17H27ClN2O2Si/c1-17(18)9-6-7-15(21-2)16(17)14-8-10-20(19-14)13-22-11-12-23(3,4)5/h6-10,16H,11-13H2,1-5H3. The molecular weight excluding hydrogens is 328 g/mol. The lowest BCUT2D eigenvalue weighted by molar-refractivity contribution is 0.0781. The van der Waals surface area contributed by atoms with E-state index in [0.29, 0.717) is 6.73 Å². The van der Waals surface area contributed by atoms with Gasteiger partial charge in [-0.1, -0.05) is 31.8 Å². The highest BCUT2D eigenvalue weighted by atomic mass is 35.5. The first-order valence-corrected chi connectivity index (χ1v) is 12.0. The fourth-order valence-electron chi connectivity index (χ4n) is 2.56. The van der Waals surface area contributed by atoms with Crippen molar-refractivity contribution in [3.63, 3.8) is 0 Å². The molecule has 0 fully saturated rings. The molecule has 4 nitrogen and oxygen atoms in total. The summed E-state index contributed by atoms with van der Waals surface area (Å²) in [7, 11) is 0.614. The molecule has 0 aromatic carbocycles. The fourth-order valence-corrected chi connectivity index (χ4v) is 3.61. The van der Waals surface area contributed by atoms with Crippen LogP contribution in [0.15, 0.2) is 36.3 Å².